The smallest absolute Gasteiger partial charge is 0.230 e. The number of carbonyl (C=O) groups excluding carboxylic acids is 1. The van der Waals surface area contributed by atoms with Crippen molar-refractivity contribution in [2.75, 3.05) is 23.9 Å². The Balaban J connectivity index is 1.39. The molecule has 1 aliphatic rings. The van der Waals surface area contributed by atoms with E-state index >= 15 is 0 Å². The zero-order valence-corrected chi connectivity index (χ0v) is 23.0. The Bertz CT molecular complexity index is 1390. The fourth-order valence-corrected chi connectivity index (χ4v) is 5.27. The molecule has 1 saturated carbocycles. The van der Waals surface area contributed by atoms with Crippen LogP contribution in [0.15, 0.2) is 97.3 Å². The SMILES string of the molecule is CN(C)c1ccc(-c2ccc(CN(C(=O)C3CCCCC3)c3cccc(/C=C/c4cccnc4)c3)cc2)cc1. The van der Waals surface area contributed by atoms with Crippen molar-refractivity contribution >= 4 is 29.4 Å². The fourth-order valence-electron chi connectivity index (χ4n) is 5.27. The van der Waals surface area contributed by atoms with Crippen molar-refractivity contribution in [1.82, 2.24) is 4.98 Å². The first-order chi connectivity index (χ1) is 19.1. The molecule has 1 aliphatic carbocycles. The first-order valence-corrected chi connectivity index (χ1v) is 13.9. The number of anilines is 2. The maximum atomic E-state index is 13.9. The van der Waals surface area contributed by atoms with Gasteiger partial charge in [-0.05, 0) is 71.0 Å². The molecule has 4 heteroatoms. The van der Waals surface area contributed by atoms with E-state index in [1.807, 2.05) is 29.3 Å². The minimum Gasteiger partial charge on any atom is -0.378 e. The van der Waals surface area contributed by atoms with E-state index in [-0.39, 0.29) is 11.8 Å². The molecule has 39 heavy (non-hydrogen) atoms. The first-order valence-electron chi connectivity index (χ1n) is 13.9. The molecular weight excluding hydrogens is 478 g/mol. The third-order valence-corrected chi connectivity index (χ3v) is 7.57. The highest BCUT2D eigenvalue weighted by molar-refractivity contribution is 5.95. The van der Waals surface area contributed by atoms with Crippen molar-refractivity contribution in [2.45, 2.75) is 38.6 Å². The summed E-state index contributed by atoms with van der Waals surface area (Å²) in [6.45, 7) is 0.560. The summed E-state index contributed by atoms with van der Waals surface area (Å²) in [7, 11) is 4.10. The Morgan fingerprint density at radius 2 is 1.46 bits per heavy atom. The monoisotopic (exact) mass is 515 g/mol. The minimum absolute atomic E-state index is 0.0998. The maximum absolute atomic E-state index is 13.9. The van der Waals surface area contributed by atoms with Gasteiger partial charge in [0, 0.05) is 43.8 Å². The van der Waals surface area contributed by atoms with Crippen LogP contribution in [0.25, 0.3) is 23.3 Å². The quantitative estimate of drug-likeness (QED) is 0.238. The van der Waals surface area contributed by atoms with Gasteiger partial charge in [-0.15, -0.1) is 0 Å². The summed E-state index contributed by atoms with van der Waals surface area (Å²) in [6.07, 6.45) is 13.2. The van der Waals surface area contributed by atoms with Crippen LogP contribution in [0.3, 0.4) is 0 Å². The highest BCUT2D eigenvalue weighted by Gasteiger charge is 2.27. The number of nitrogens with zero attached hydrogens (tertiary/aromatic N) is 3. The summed E-state index contributed by atoms with van der Waals surface area (Å²) in [5.74, 6) is 0.342. The Kier molecular flexibility index (Phi) is 8.52. The summed E-state index contributed by atoms with van der Waals surface area (Å²) in [6, 6.07) is 29.5. The number of benzene rings is 3. The molecule has 0 unspecified atom stereocenters. The lowest BCUT2D eigenvalue weighted by molar-refractivity contribution is -0.123. The normalized spacial score (nSPS) is 13.9. The van der Waals surface area contributed by atoms with E-state index in [4.69, 9.17) is 0 Å². The highest BCUT2D eigenvalue weighted by atomic mass is 16.2. The summed E-state index contributed by atoms with van der Waals surface area (Å²) >= 11 is 0. The van der Waals surface area contributed by atoms with Gasteiger partial charge < -0.3 is 9.80 Å². The van der Waals surface area contributed by atoms with Crippen molar-refractivity contribution in [3.8, 4) is 11.1 Å². The van der Waals surface area contributed by atoms with Gasteiger partial charge in [0.15, 0.2) is 0 Å². The van der Waals surface area contributed by atoms with Crippen molar-refractivity contribution < 1.29 is 4.79 Å². The van der Waals surface area contributed by atoms with E-state index in [1.54, 1.807) is 6.20 Å². The fraction of sp³-hybridized carbons (Fsp3) is 0.257. The average Bonchev–Trinajstić information content (AvgIpc) is 3.00. The topological polar surface area (TPSA) is 36.4 Å². The summed E-state index contributed by atoms with van der Waals surface area (Å²) < 4.78 is 0. The molecule has 3 aromatic carbocycles. The molecule has 0 atom stereocenters. The van der Waals surface area contributed by atoms with Crippen molar-refractivity contribution in [1.29, 1.82) is 0 Å². The van der Waals surface area contributed by atoms with Gasteiger partial charge in [-0.25, -0.2) is 0 Å². The predicted molar refractivity (Wildman–Crippen MR) is 164 cm³/mol. The van der Waals surface area contributed by atoms with Crippen LogP contribution in [-0.2, 0) is 11.3 Å². The molecule has 1 fully saturated rings. The third kappa shape index (κ3) is 6.83. The minimum atomic E-state index is 0.0998. The molecule has 0 radical (unpaired) electrons. The second-order valence-electron chi connectivity index (χ2n) is 10.6. The standard InChI is InChI=1S/C35H37N3O/c1-37(2)33-21-19-31(20-22-33)30-17-15-29(16-18-30)26-38(35(39)32-10-4-3-5-11-32)34-12-6-8-27(24-34)13-14-28-9-7-23-36-25-28/h6-9,12-25,32H,3-5,10-11,26H2,1-2H3/b14-13+. The van der Waals surface area contributed by atoms with Crippen molar-refractivity contribution in [3.05, 3.63) is 114 Å². The summed E-state index contributed by atoms with van der Waals surface area (Å²) in [5.41, 5.74) is 7.74. The van der Waals surface area contributed by atoms with Gasteiger partial charge in [0.1, 0.15) is 0 Å². The maximum Gasteiger partial charge on any atom is 0.230 e. The Labute approximate surface area is 232 Å². The van der Waals surface area contributed by atoms with Crippen molar-refractivity contribution in [3.63, 3.8) is 0 Å². The van der Waals surface area contributed by atoms with Gasteiger partial charge in [0.05, 0.1) is 6.54 Å². The third-order valence-electron chi connectivity index (χ3n) is 7.57. The van der Waals surface area contributed by atoms with Crippen LogP contribution in [0.4, 0.5) is 11.4 Å². The lowest BCUT2D eigenvalue weighted by Gasteiger charge is -2.30. The molecular formula is C35H37N3O. The Morgan fingerprint density at radius 3 is 2.13 bits per heavy atom. The first kappa shape index (κ1) is 26.4. The number of hydrogen-bond acceptors (Lipinski definition) is 3. The van der Waals surface area contributed by atoms with Gasteiger partial charge >= 0.3 is 0 Å². The predicted octanol–water partition coefficient (Wildman–Crippen LogP) is 8.10. The highest BCUT2D eigenvalue weighted by Crippen LogP contribution is 2.30. The number of carbonyl (C=O) groups is 1. The Morgan fingerprint density at radius 1 is 0.795 bits per heavy atom. The largest absolute Gasteiger partial charge is 0.378 e. The molecule has 0 saturated heterocycles. The molecule has 0 bridgehead atoms. The zero-order chi connectivity index (χ0) is 27.0. The van der Waals surface area contributed by atoms with Gasteiger partial charge in [-0.3, -0.25) is 9.78 Å². The number of rotatable bonds is 8. The van der Waals surface area contributed by atoms with Crippen LogP contribution in [0.1, 0.15) is 48.8 Å². The van der Waals surface area contributed by atoms with Crippen LogP contribution in [-0.4, -0.2) is 25.0 Å². The summed E-state index contributed by atoms with van der Waals surface area (Å²) in [4.78, 5) is 22.2. The average molecular weight is 516 g/mol. The summed E-state index contributed by atoms with van der Waals surface area (Å²) in [5, 5.41) is 0. The lowest BCUT2D eigenvalue weighted by Crippen LogP contribution is -2.36. The van der Waals surface area contributed by atoms with E-state index in [2.05, 4.69) is 103 Å². The van der Waals surface area contributed by atoms with Crippen LogP contribution < -0.4 is 9.80 Å². The number of amides is 1. The van der Waals surface area contributed by atoms with Crippen LogP contribution in [0, 0.1) is 5.92 Å². The second kappa shape index (κ2) is 12.6. The molecule has 1 aromatic heterocycles. The molecule has 0 aliphatic heterocycles. The van der Waals surface area contributed by atoms with Crippen molar-refractivity contribution in [2.24, 2.45) is 5.92 Å². The second-order valence-corrected chi connectivity index (χ2v) is 10.6. The molecule has 1 heterocycles. The van der Waals surface area contributed by atoms with E-state index in [0.717, 1.165) is 48.1 Å². The van der Waals surface area contributed by atoms with E-state index in [9.17, 15) is 4.79 Å². The molecule has 1 amide bonds. The van der Waals surface area contributed by atoms with E-state index in [0.29, 0.717) is 6.54 Å². The molecule has 5 rings (SSSR count). The molecule has 4 aromatic rings. The van der Waals surface area contributed by atoms with E-state index < -0.39 is 0 Å². The molecule has 4 nitrogen and oxygen atoms in total. The number of aromatic nitrogens is 1. The zero-order valence-electron chi connectivity index (χ0n) is 23.0. The van der Waals surface area contributed by atoms with Crippen LogP contribution in [0.5, 0.6) is 0 Å². The molecule has 198 valence electrons. The lowest BCUT2D eigenvalue weighted by atomic mass is 9.88. The van der Waals surface area contributed by atoms with Crippen LogP contribution in [0.2, 0.25) is 0 Å². The Hall–Kier alpha value is -4.18. The number of pyridine rings is 1. The number of hydrogen-bond donors (Lipinski definition) is 0. The molecule has 0 spiro atoms. The van der Waals surface area contributed by atoms with Gasteiger partial charge in [-0.1, -0.05) is 86.0 Å². The van der Waals surface area contributed by atoms with Gasteiger partial charge in [0.2, 0.25) is 5.91 Å². The van der Waals surface area contributed by atoms with Gasteiger partial charge in [0.25, 0.3) is 0 Å². The molecule has 0 N–H and O–H groups in total. The van der Waals surface area contributed by atoms with Crippen LogP contribution >= 0.6 is 0 Å². The van der Waals surface area contributed by atoms with E-state index in [1.165, 1.54) is 23.2 Å². The van der Waals surface area contributed by atoms with Gasteiger partial charge in [-0.2, -0.15) is 0 Å².